The highest BCUT2D eigenvalue weighted by Crippen LogP contribution is 2.39. The minimum atomic E-state index is 0.481. The van der Waals surface area contributed by atoms with Crippen molar-refractivity contribution in [2.24, 2.45) is 0 Å². The lowest BCUT2D eigenvalue weighted by atomic mass is 9.85. The molecule has 0 N–H and O–H groups in total. The van der Waals surface area contributed by atoms with Crippen LogP contribution in [0.4, 0.5) is 0 Å². The van der Waals surface area contributed by atoms with Crippen LogP contribution < -0.4 is 4.74 Å². The molecule has 0 aromatic heterocycles. The molecule has 2 aromatic rings. The van der Waals surface area contributed by atoms with Gasteiger partial charge in [0, 0.05) is 11.5 Å². The maximum atomic E-state index is 5.81. The van der Waals surface area contributed by atoms with Crippen LogP contribution in [0.1, 0.15) is 34.6 Å². The van der Waals surface area contributed by atoms with Gasteiger partial charge in [-0.3, -0.25) is 0 Å². The van der Waals surface area contributed by atoms with E-state index in [2.05, 4.69) is 56.3 Å². The highest BCUT2D eigenvalue weighted by Gasteiger charge is 2.23. The molecule has 0 amide bonds. The molecule has 1 heterocycles. The van der Waals surface area contributed by atoms with E-state index in [9.17, 15) is 0 Å². The molecule has 0 radical (unpaired) electrons. The van der Waals surface area contributed by atoms with Gasteiger partial charge in [0.15, 0.2) is 0 Å². The van der Waals surface area contributed by atoms with Crippen molar-refractivity contribution >= 4 is 0 Å². The zero-order valence-electron chi connectivity index (χ0n) is 10.9. The van der Waals surface area contributed by atoms with Crippen molar-refractivity contribution in [2.45, 2.75) is 26.2 Å². The third-order valence-electron chi connectivity index (χ3n) is 3.87. The fraction of sp³-hybridized carbons (Fsp3) is 0.294. The molecular weight excluding hydrogens is 220 g/mol. The lowest BCUT2D eigenvalue weighted by molar-refractivity contribution is 0.276. The van der Waals surface area contributed by atoms with Gasteiger partial charge in [-0.25, -0.2) is 0 Å². The van der Waals surface area contributed by atoms with Crippen LogP contribution in [0, 0.1) is 13.8 Å². The highest BCUT2D eigenvalue weighted by atomic mass is 16.5. The predicted molar refractivity (Wildman–Crippen MR) is 74.3 cm³/mol. The van der Waals surface area contributed by atoms with Gasteiger partial charge in [0.05, 0.1) is 6.61 Å². The van der Waals surface area contributed by atoms with Gasteiger partial charge >= 0.3 is 0 Å². The topological polar surface area (TPSA) is 9.23 Å². The van der Waals surface area contributed by atoms with Gasteiger partial charge in [-0.15, -0.1) is 0 Å². The Hall–Kier alpha value is -1.76. The second kappa shape index (κ2) is 4.49. The zero-order chi connectivity index (χ0) is 12.5. The van der Waals surface area contributed by atoms with Gasteiger partial charge in [0.1, 0.15) is 5.75 Å². The molecule has 2 aromatic carbocycles. The summed E-state index contributed by atoms with van der Waals surface area (Å²) in [5.74, 6) is 1.55. The van der Waals surface area contributed by atoms with E-state index in [4.69, 9.17) is 4.74 Å². The molecule has 0 fully saturated rings. The van der Waals surface area contributed by atoms with Crippen molar-refractivity contribution in [3.05, 3.63) is 64.7 Å². The fourth-order valence-electron chi connectivity index (χ4n) is 2.68. The normalized spacial score (nSPS) is 18.0. The third kappa shape index (κ3) is 1.90. The van der Waals surface area contributed by atoms with Crippen molar-refractivity contribution in [3.8, 4) is 5.75 Å². The van der Waals surface area contributed by atoms with Gasteiger partial charge in [0.25, 0.3) is 0 Å². The van der Waals surface area contributed by atoms with E-state index in [1.165, 1.54) is 22.3 Å². The molecule has 0 aliphatic carbocycles. The summed E-state index contributed by atoms with van der Waals surface area (Å²) < 4.78 is 5.81. The number of hydrogen-bond donors (Lipinski definition) is 0. The summed E-state index contributed by atoms with van der Waals surface area (Å²) in [6, 6.07) is 15.2. The first-order valence-electron chi connectivity index (χ1n) is 6.54. The molecule has 3 rings (SSSR count). The first-order valence-corrected chi connectivity index (χ1v) is 6.54. The monoisotopic (exact) mass is 238 g/mol. The molecule has 0 spiro atoms. The average Bonchev–Trinajstić information content (AvgIpc) is 2.40. The van der Waals surface area contributed by atoms with Gasteiger partial charge in [-0.05, 0) is 43.0 Å². The van der Waals surface area contributed by atoms with Crippen LogP contribution in [0.2, 0.25) is 0 Å². The van der Waals surface area contributed by atoms with Crippen molar-refractivity contribution in [2.75, 3.05) is 6.61 Å². The van der Waals surface area contributed by atoms with E-state index >= 15 is 0 Å². The van der Waals surface area contributed by atoms with Gasteiger partial charge in [0.2, 0.25) is 0 Å². The molecule has 1 heteroatoms. The first kappa shape index (κ1) is 11.3. The van der Waals surface area contributed by atoms with Crippen LogP contribution in [0.25, 0.3) is 0 Å². The van der Waals surface area contributed by atoms with Gasteiger partial charge < -0.3 is 4.74 Å². The Morgan fingerprint density at radius 1 is 1.00 bits per heavy atom. The van der Waals surface area contributed by atoms with Crippen LogP contribution in [0.5, 0.6) is 5.75 Å². The molecule has 0 bridgehead atoms. The van der Waals surface area contributed by atoms with E-state index in [-0.39, 0.29) is 0 Å². The maximum Gasteiger partial charge on any atom is 0.123 e. The number of hydrogen-bond acceptors (Lipinski definition) is 1. The summed E-state index contributed by atoms with van der Waals surface area (Å²) in [6.07, 6.45) is 1.07. The smallest absolute Gasteiger partial charge is 0.123 e. The largest absolute Gasteiger partial charge is 0.493 e. The van der Waals surface area contributed by atoms with Crippen molar-refractivity contribution in [1.29, 1.82) is 0 Å². The summed E-state index contributed by atoms with van der Waals surface area (Å²) >= 11 is 0. The molecule has 92 valence electrons. The maximum absolute atomic E-state index is 5.81. The summed E-state index contributed by atoms with van der Waals surface area (Å²) in [6.45, 7) is 5.13. The molecule has 18 heavy (non-hydrogen) atoms. The number of ether oxygens (including phenoxy) is 1. The van der Waals surface area contributed by atoms with Crippen LogP contribution in [-0.4, -0.2) is 6.61 Å². The Balaban J connectivity index is 2.09. The van der Waals surface area contributed by atoms with Crippen molar-refractivity contribution < 1.29 is 4.74 Å². The lowest BCUT2D eigenvalue weighted by Crippen LogP contribution is -2.15. The summed E-state index contributed by atoms with van der Waals surface area (Å²) in [5.41, 5.74) is 5.39. The van der Waals surface area contributed by atoms with E-state index < -0.39 is 0 Å². The Morgan fingerprint density at radius 3 is 2.50 bits per heavy atom. The summed E-state index contributed by atoms with van der Waals surface area (Å²) in [4.78, 5) is 0. The van der Waals surface area contributed by atoms with E-state index in [0.717, 1.165) is 18.8 Å². The number of benzene rings is 2. The summed E-state index contributed by atoms with van der Waals surface area (Å²) in [7, 11) is 0. The minimum Gasteiger partial charge on any atom is -0.493 e. The van der Waals surface area contributed by atoms with Gasteiger partial charge in [-0.2, -0.15) is 0 Å². The second-order valence-electron chi connectivity index (χ2n) is 5.07. The quantitative estimate of drug-likeness (QED) is 0.723. The van der Waals surface area contributed by atoms with E-state index in [1.807, 2.05) is 0 Å². The molecule has 0 saturated heterocycles. The van der Waals surface area contributed by atoms with Gasteiger partial charge in [-0.1, -0.05) is 36.4 Å². The Kier molecular flexibility index (Phi) is 2.83. The standard InChI is InChI=1S/C17H18O/c1-12-10-16-15(14-6-4-3-5-7-14)8-9-18-17(16)11-13(12)2/h3-7,10-11,15H,8-9H2,1-2H3. The lowest BCUT2D eigenvalue weighted by Gasteiger charge is -2.27. The van der Waals surface area contributed by atoms with Crippen molar-refractivity contribution in [1.82, 2.24) is 0 Å². The van der Waals surface area contributed by atoms with Crippen LogP contribution in [-0.2, 0) is 0 Å². The van der Waals surface area contributed by atoms with E-state index in [1.54, 1.807) is 0 Å². The zero-order valence-corrected chi connectivity index (χ0v) is 10.9. The molecule has 1 atom stereocenters. The van der Waals surface area contributed by atoms with Crippen LogP contribution in [0.15, 0.2) is 42.5 Å². The van der Waals surface area contributed by atoms with Crippen LogP contribution >= 0.6 is 0 Å². The molecular formula is C17H18O. The third-order valence-corrected chi connectivity index (χ3v) is 3.87. The SMILES string of the molecule is Cc1cc2c(cc1C)C(c1ccccc1)CCO2. The predicted octanol–water partition coefficient (Wildman–Crippen LogP) is 4.22. The number of fused-ring (bicyclic) bond motifs is 1. The Labute approximate surface area is 108 Å². The molecule has 1 aliphatic heterocycles. The number of aryl methyl sites for hydroxylation is 2. The van der Waals surface area contributed by atoms with Crippen LogP contribution in [0.3, 0.4) is 0 Å². The minimum absolute atomic E-state index is 0.481. The average molecular weight is 238 g/mol. The fourth-order valence-corrected chi connectivity index (χ4v) is 2.68. The first-order chi connectivity index (χ1) is 8.75. The molecule has 1 nitrogen and oxygen atoms in total. The second-order valence-corrected chi connectivity index (χ2v) is 5.07. The van der Waals surface area contributed by atoms with E-state index in [0.29, 0.717) is 5.92 Å². The summed E-state index contributed by atoms with van der Waals surface area (Å²) in [5, 5.41) is 0. The van der Waals surface area contributed by atoms with Crippen molar-refractivity contribution in [3.63, 3.8) is 0 Å². The highest BCUT2D eigenvalue weighted by molar-refractivity contribution is 5.48. The Morgan fingerprint density at radius 2 is 1.72 bits per heavy atom. The molecule has 0 saturated carbocycles. The molecule has 1 aliphatic rings. The Bertz CT molecular complexity index is 557. The number of rotatable bonds is 1. The molecule has 1 unspecified atom stereocenters.